The van der Waals surface area contributed by atoms with Crippen LogP contribution in [0, 0.1) is 5.92 Å². The molecule has 1 rings (SSSR count). The Morgan fingerprint density at radius 3 is 2.58 bits per heavy atom. The number of carbonyl (C=O) groups is 1. The number of likely N-dealkylation sites (N-methyl/N-ethyl adjacent to an activating group) is 1. The van der Waals surface area contributed by atoms with Crippen molar-refractivity contribution in [3.8, 4) is 0 Å². The first-order valence-electron chi connectivity index (χ1n) is 7.76. The fourth-order valence-electron chi connectivity index (χ4n) is 2.56. The van der Waals surface area contributed by atoms with Crippen LogP contribution in [-0.4, -0.2) is 54.6 Å². The Labute approximate surface area is 118 Å². The summed E-state index contributed by atoms with van der Waals surface area (Å²) in [6, 6.07) is 0.0410. The first-order chi connectivity index (χ1) is 9.01. The van der Waals surface area contributed by atoms with E-state index < -0.39 is 0 Å². The van der Waals surface area contributed by atoms with Crippen LogP contribution in [-0.2, 0) is 4.79 Å². The molecule has 1 amide bonds. The van der Waals surface area contributed by atoms with Crippen LogP contribution < -0.4 is 5.32 Å². The van der Waals surface area contributed by atoms with Crippen molar-refractivity contribution in [1.29, 1.82) is 0 Å². The maximum atomic E-state index is 12.5. The van der Waals surface area contributed by atoms with E-state index in [2.05, 4.69) is 49.9 Å². The van der Waals surface area contributed by atoms with Crippen LogP contribution in [0.3, 0.4) is 0 Å². The molecule has 2 unspecified atom stereocenters. The molecule has 1 fully saturated rings. The summed E-state index contributed by atoms with van der Waals surface area (Å²) < 4.78 is 0. The monoisotopic (exact) mass is 269 g/mol. The van der Waals surface area contributed by atoms with Crippen LogP contribution in [0.4, 0.5) is 0 Å². The van der Waals surface area contributed by atoms with Crippen LogP contribution in [0.1, 0.15) is 47.0 Å². The van der Waals surface area contributed by atoms with E-state index in [1.807, 2.05) is 0 Å². The zero-order chi connectivity index (χ0) is 14.4. The molecule has 0 aromatic carbocycles. The topological polar surface area (TPSA) is 35.6 Å². The van der Waals surface area contributed by atoms with Gasteiger partial charge in [-0.1, -0.05) is 40.5 Å². The standard InChI is InChI=1S/C15H31N3O/c1-6-8-9-13-15(19)18(11-10-17(5)7-2)14(16-13)12(3)4/h12-14,16H,6-11H2,1-5H3. The molecule has 0 aliphatic carbocycles. The number of nitrogens with one attached hydrogen (secondary N) is 1. The lowest BCUT2D eigenvalue weighted by molar-refractivity contribution is -0.130. The predicted molar refractivity (Wildman–Crippen MR) is 80.0 cm³/mol. The smallest absolute Gasteiger partial charge is 0.241 e. The molecule has 4 heteroatoms. The van der Waals surface area contributed by atoms with E-state index >= 15 is 0 Å². The molecule has 0 bridgehead atoms. The van der Waals surface area contributed by atoms with Crippen molar-refractivity contribution in [1.82, 2.24) is 15.1 Å². The van der Waals surface area contributed by atoms with Crippen molar-refractivity contribution in [3.05, 3.63) is 0 Å². The van der Waals surface area contributed by atoms with Crippen LogP contribution in [0.2, 0.25) is 0 Å². The number of carbonyl (C=O) groups excluding carboxylic acids is 1. The third kappa shape index (κ3) is 4.46. The summed E-state index contributed by atoms with van der Waals surface area (Å²) in [6.45, 7) is 11.5. The summed E-state index contributed by atoms with van der Waals surface area (Å²) in [6.07, 6.45) is 3.45. The number of nitrogens with zero attached hydrogens (tertiary/aromatic N) is 2. The van der Waals surface area contributed by atoms with E-state index in [0.717, 1.165) is 38.9 Å². The SMILES string of the molecule is CCCCC1NC(C(C)C)N(CCN(C)CC)C1=O. The highest BCUT2D eigenvalue weighted by Crippen LogP contribution is 2.20. The largest absolute Gasteiger partial charge is 0.324 e. The Kier molecular flexibility index (Phi) is 6.80. The van der Waals surface area contributed by atoms with Crippen LogP contribution in [0.25, 0.3) is 0 Å². The molecule has 1 aliphatic heterocycles. The fourth-order valence-corrected chi connectivity index (χ4v) is 2.56. The maximum Gasteiger partial charge on any atom is 0.241 e. The van der Waals surface area contributed by atoms with Crippen LogP contribution >= 0.6 is 0 Å². The Bertz CT molecular complexity index is 281. The molecule has 2 atom stereocenters. The number of unbranched alkanes of at least 4 members (excludes halogenated alkanes) is 1. The van der Waals surface area contributed by atoms with Gasteiger partial charge in [0, 0.05) is 13.1 Å². The van der Waals surface area contributed by atoms with E-state index in [-0.39, 0.29) is 12.2 Å². The molecular formula is C15H31N3O. The minimum Gasteiger partial charge on any atom is -0.324 e. The number of hydrogen-bond acceptors (Lipinski definition) is 3. The molecule has 0 radical (unpaired) electrons. The van der Waals surface area contributed by atoms with Crippen LogP contribution in [0.15, 0.2) is 0 Å². The van der Waals surface area contributed by atoms with Gasteiger partial charge in [-0.25, -0.2) is 0 Å². The van der Waals surface area contributed by atoms with Crippen molar-refractivity contribution < 1.29 is 4.79 Å². The first kappa shape index (κ1) is 16.4. The minimum atomic E-state index is 0.0410. The molecule has 19 heavy (non-hydrogen) atoms. The van der Waals surface area contributed by atoms with Crippen molar-refractivity contribution in [2.75, 3.05) is 26.7 Å². The van der Waals surface area contributed by atoms with Gasteiger partial charge in [-0.2, -0.15) is 0 Å². The zero-order valence-corrected chi connectivity index (χ0v) is 13.3. The summed E-state index contributed by atoms with van der Waals surface area (Å²) in [4.78, 5) is 16.8. The van der Waals surface area contributed by atoms with E-state index in [9.17, 15) is 4.79 Å². The summed E-state index contributed by atoms with van der Waals surface area (Å²) >= 11 is 0. The van der Waals surface area contributed by atoms with Gasteiger partial charge in [-0.15, -0.1) is 0 Å². The fraction of sp³-hybridized carbons (Fsp3) is 0.933. The molecule has 0 aromatic rings. The normalized spacial score (nSPS) is 23.9. The molecule has 1 saturated heterocycles. The number of amides is 1. The van der Waals surface area contributed by atoms with E-state index in [0.29, 0.717) is 11.8 Å². The van der Waals surface area contributed by atoms with Gasteiger partial charge >= 0.3 is 0 Å². The summed E-state index contributed by atoms with van der Waals surface area (Å²) in [5, 5.41) is 3.52. The Morgan fingerprint density at radius 1 is 1.37 bits per heavy atom. The number of rotatable bonds is 8. The highest BCUT2D eigenvalue weighted by atomic mass is 16.2. The third-order valence-electron chi connectivity index (χ3n) is 4.03. The maximum absolute atomic E-state index is 12.5. The summed E-state index contributed by atoms with van der Waals surface area (Å²) in [5.74, 6) is 0.763. The Morgan fingerprint density at radius 2 is 2.05 bits per heavy atom. The zero-order valence-electron chi connectivity index (χ0n) is 13.3. The average Bonchev–Trinajstić information content (AvgIpc) is 2.70. The lowest BCUT2D eigenvalue weighted by Crippen LogP contribution is -2.44. The van der Waals surface area contributed by atoms with Gasteiger partial charge < -0.3 is 9.80 Å². The van der Waals surface area contributed by atoms with Gasteiger partial charge in [0.25, 0.3) is 0 Å². The van der Waals surface area contributed by atoms with Crippen molar-refractivity contribution in [2.24, 2.45) is 5.92 Å². The highest BCUT2D eigenvalue weighted by molar-refractivity contribution is 5.84. The second-order valence-electron chi connectivity index (χ2n) is 5.98. The lowest BCUT2D eigenvalue weighted by Gasteiger charge is -2.28. The third-order valence-corrected chi connectivity index (χ3v) is 4.03. The molecule has 112 valence electrons. The van der Waals surface area contributed by atoms with Crippen molar-refractivity contribution >= 4 is 5.91 Å². The first-order valence-corrected chi connectivity index (χ1v) is 7.76. The molecular weight excluding hydrogens is 238 g/mol. The average molecular weight is 269 g/mol. The van der Waals surface area contributed by atoms with Gasteiger partial charge in [0.2, 0.25) is 5.91 Å². The van der Waals surface area contributed by atoms with Gasteiger partial charge in [-0.3, -0.25) is 10.1 Å². The quantitative estimate of drug-likeness (QED) is 0.731. The van der Waals surface area contributed by atoms with Gasteiger partial charge in [-0.05, 0) is 25.9 Å². The van der Waals surface area contributed by atoms with E-state index in [1.165, 1.54) is 0 Å². The minimum absolute atomic E-state index is 0.0410. The molecule has 1 heterocycles. The van der Waals surface area contributed by atoms with Crippen LogP contribution in [0.5, 0.6) is 0 Å². The second-order valence-corrected chi connectivity index (χ2v) is 5.98. The molecule has 4 nitrogen and oxygen atoms in total. The molecule has 1 N–H and O–H groups in total. The van der Waals surface area contributed by atoms with Crippen molar-refractivity contribution in [2.45, 2.75) is 59.2 Å². The molecule has 0 aromatic heterocycles. The number of hydrogen-bond donors (Lipinski definition) is 1. The predicted octanol–water partition coefficient (Wildman–Crippen LogP) is 1.91. The van der Waals surface area contributed by atoms with Crippen molar-refractivity contribution in [3.63, 3.8) is 0 Å². The summed E-state index contributed by atoms with van der Waals surface area (Å²) in [5.41, 5.74) is 0. The van der Waals surface area contributed by atoms with Gasteiger partial charge in [0.05, 0.1) is 12.2 Å². The van der Waals surface area contributed by atoms with E-state index in [4.69, 9.17) is 0 Å². The second kappa shape index (κ2) is 7.85. The highest BCUT2D eigenvalue weighted by Gasteiger charge is 2.39. The summed E-state index contributed by atoms with van der Waals surface area (Å²) in [7, 11) is 2.10. The lowest BCUT2D eigenvalue weighted by atomic mass is 10.1. The Balaban J connectivity index is 2.61. The molecule has 1 aliphatic rings. The molecule has 0 saturated carbocycles. The Hall–Kier alpha value is -0.610. The van der Waals surface area contributed by atoms with Gasteiger partial charge in [0.15, 0.2) is 0 Å². The van der Waals surface area contributed by atoms with Gasteiger partial charge in [0.1, 0.15) is 0 Å². The molecule has 0 spiro atoms. The van der Waals surface area contributed by atoms with E-state index in [1.54, 1.807) is 0 Å².